The molecule has 7 nitrogen and oxygen atoms in total. The van der Waals surface area contributed by atoms with Crippen LogP contribution in [0.4, 0.5) is 0 Å². The molecule has 3 N–H and O–H groups in total. The van der Waals surface area contributed by atoms with Crippen LogP contribution >= 0.6 is 0 Å². The largest absolute Gasteiger partial charge is 0.384 e. The Morgan fingerprint density at radius 3 is 2.83 bits per heavy atom. The fourth-order valence-corrected chi connectivity index (χ4v) is 2.12. The third kappa shape index (κ3) is 4.57. The summed E-state index contributed by atoms with van der Waals surface area (Å²) in [6, 6.07) is 9.70. The number of hydrogen-bond acceptors (Lipinski definition) is 4. The van der Waals surface area contributed by atoms with Gasteiger partial charge in [0.2, 0.25) is 0 Å². The standard InChI is InChI=1S/C16H21N5O2/c1-11-7-12(2)21(19-11)9-13-5-4-6-14(8-13)16(17)20-23-10-15(22)18-3/h4-8H,9-10H2,1-3H3,(H2,17,20)(H,18,22). The van der Waals surface area contributed by atoms with Crippen molar-refractivity contribution in [2.45, 2.75) is 20.4 Å². The number of amides is 1. The second-order valence-electron chi connectivity index (χ2n) is 5.21. The number of aromatic nitrogens is 2. The van der Waals surface area contributed by atoms with Crippen molar-refractivity contribution >= 4 is 11.7 Å². The van der Waals surface area contributed by atoms with Crippen LogP contribution in [-0.2, 0) is 16.2 Å². The molecule has 1 aromatic carbocycles. The second kappa shape index (κ2) is 7.44. The summed E-state index contributed by atoms with van der Waals surface area (Å²) >= 11 is 0. The van der Waals surface area contributed by atoms with E-state index in [0.29, 0.717) is 6.54 Å². The number of nitrogens with one attached hydrogen (secondary N) is 1. The van der Waals surface area contributed by atoms with Crippen LogP contribution in [0.5, 0.6) is 0 Å². The first-order chi connectivity index (χ1) is 11.0. The molecule has 2 aromatic rings. The van der Waals surface area contributed by atoms with Crippen molar-refractivity contribution in [3.63, 3.8) is 0 Å². The van der Waals surface area contributed by atoms with Crippen molar-refractivity contribution in [2.24, 2.45) is 10.9 Å². The van der Waals surface area contributed by atoms with Gasteiger partial charge < -0.3 is 15.9 Å². The fourth-order valence-electron chi connectivity index (χ4n) is 2.12. The van der Waals surface area contributed by atoms with Crippen LogP contribution in [0.3, 0.4) is 0 Å². The van der Waals surface area contributed by atoms with E-state index in [-0.39, 0.29) is 18.3 Å². The number of benzene rings is 1. The van der Waals surface area contributed by atoms with Gasteiger partial charge in [-0.15, -0.1) is 0 Å². The maximum Gasteiger partial charge on any atom is 0.260 e. The van der Waals surface area contributed by atoms with Crippen molar-refractivity contribution in [1.82, 2.24) is 15.1 Å². The molecule has 0 unspecified atom stereocenters. The number of hydrogen-bond donors (Lipinski definition) is 2. The van der Waals surface area contributed by atoms with Gasteiger partial charge in [-0.3, -0.25) is 9.48 Å². The third-order valence-electron chi connectivity index (χ3n) is 3.30. The lowest BCUT2D eigenvalue weighted by Gasteiger charge is -2.07. The number of aryl methyl sites for hydroxylation is 2. The summed E-state index contributed by atoms with van der Waals surface area (Å²) in [6.45, 7) is 4.48. The average Bonchev–Trinajstić information content (AvgIpc) is 2.84. The molecule has 0 spiro atoms. The number of carbonyl (C=O) groups excluding carboxylic acids is 1. The topological polar surface area (TPSA) is 94.5 Å². The first-order valence-corrected chi connectivity index (χ1v) is 7.26. The quantitative estimate of drug-likeness (QED) is 0.471. The second-order valence-corrected chi connectivity index (χ2v) is 5.21. The van der Waals surface area contributed by atoms with E-state index in [0.717, 1.165) is 22.5 Å². The summed E-state index contributed by atoms with van der Waals surface area (Å²) in [5.74, 6) is -0.0380. The van der Waals surface area contributed by atoms with E-state index >= 15 is 0 Å². The van der Waals surface area contributed by atoms with Gasteiger partial charge in [0.05, 0.1) is 12.2 Å². The van der Waals surface area contributed by atoms with Crippen LogP contribution in [-0.4, -0.2) is 35.2 Å². The Morgan fingerprint density at radius 2 is 2.17 bits per heavy atom. The molecule has 0 aliphatic heterocycles. The lowest BCUT2D eigenvalue weighted by atomic mass is 10.1. The van der Waals surface area contributed by atoms with Gasteiger partial charge in [0.1, 0.15) is 0 Å². The zero-order valence-corrected chi connectivity index (χ0v) is 13.5. The molecular weight excluding hydrogens is 294 g/mol. The Labute approximate surface area is 135 Å². The average molecular weight is 315 g/mol. The van der Waals surface area contributed by atoms with Gasteiger partial charge in [0.25, 0.3) is 5.91 Å². The normalized spacial score (nSPS) is 11.3. The third-order valence-corrected chi connectivity index (χ3v) is 3.30. The van der Waals surface area contributed by atoms with Gasteiger partial charge >= 0.3 is 0 Å². The molecule has 0 saturated carbocycles. The van der Waals surface area contributed by atoms with Gasteiger partial charge in [-0.05, 0) is 31.5 Å². The fraction of sp³-hybridized carbons (Fsp3) is 0.312. The van der Waals surface area contributed by atoms with Crippen molar-refractivity contribution < 1.29 is 9.63 Å². The zero-order chi connectivity index (χ0) is 16.8. The minimum absolute atomic E-state index is 0.164. The highest BCUT2D eigenvalue weighted by molar-refractivity contribution is 5.97. The number of likely N-dealkylation sites (N-methyl/N-ethyl adjacent to an activating group) is 1. The van der Waals surface area contributed by atoms with Crippen LogP contribution in [0.1, 0.15) is 22.5 Å². The molecule has 1 heterocycles. The molecule has 122 valence electrons. The molecule has 0 saturated heterocycles. The summed E-state index contributed by atoms with van der Waals surface area (Å²) < 4.78 is 1.93. The highest BCUT2D eigenvalue weighted by Crippen LogP contribution is 2.10. The summed E-state index contributed by atoms with van der Waals surface area (Å²) in [4.78, 5) is 16.0. The molecule has 1 amide bonds. The molecule has 2 rings (SSSR count). The van der Waals surface area contributed by atoms with Crippen LogP contribution in [0.25, 0.3) is 0 Å². The number of carbonyl (C=O) groups is 1. The number of nitrogens with zero attached hydrogens (tertiary/aromatic N) is 3. The summed E-state index contributed by atoms with van der Waals surface area (Å²) in [7, 11) is 1.53. The molecule has 0 radical (unpaired) electrons. The van der Waals surface area contributed by atoms with Crippen molar-refractivity contribution in [2.75, 3.05) is 13.7 Å². The molecule has 1 aromatic heterocycles. The van der Waals surface area contributed by atoms with Crippen LogP contribution in [0, 0.1) is 13.8 Å². The van der Waals surface area contributed by atoms with Gasteiger partial charge in [0.15, 0.2) is 12.4 Å². The van der Waals surface area contributed by atoms with E-state index < -0.39 is 0 Å². The summed E-state index contributed by atoms with van der Waals surface area (Å²) in [5.41, 5.74) is 9.77. The van der Waals surface area contributed by atoms with Crippen LogP contribution in [0.2, 0.25) is 0 Å². The SMILES string of the molecule is CNC(=O)CON=C(N)c1cccc(Cn2nc(C)cc2C)c1. The number of oxime groups is 1. The van der Waals surface area contributed by atoms with Gasteiger partial charge in [-0.2, -0.15) is 5.10 Å². The Morgan fingerprint density at radius 1 is 1.39 bits per heavy atom. The zero-order valence-electron chi connectivity index (χ0n) is 13.5. The molecule has 7 heteroatoms. The van der Waals surface area contributed by atoms with Gasteiger partial charge in [-0.1, -0.05) is 23.4 Å². The molecule has 0 atom stereocenters. The van der Waals surface area contributed by atoms with Gasteiger partial charge in [0, 0.05) is 18.3 Å². The van der Waals surface area contributed by atoms with Crippen molar-refractivity contribution in [3.8, 4) is 0 Å². The maximum absolute atomic E-state index is 11.1. The molecule has 23 heavy (non-hydrogen) atoms. The van der Waals surface area contributed by atoms with Crippen LogP contribution < -0.4 is 11.1 Å². The van der Waals surface area contributed by atoms with E-state index in [2.05, 4.69) is 15.6 Å². The van der Waals surface area contributed by atoms with E-state index in [4.69, 9.17) is 10.6 Å². The van der Waals surface area contributed by atoms with Crippen LogP contribution in [0.15, 0.2) is 35.5 Å². The molecular formula is C16H21N5O2. The number of rotatable bonds is 6. The maximum atomic E-state index is 11.1. The lowest BCUT2D eigenvalue weighted by Crippen LogP contribution is -2.23. The predicted octanol–water partition coefficient (Wildman–Crippen LogP) is 0.931. The van der Waals surface area contributed by atoms with E-state index in [1.165, 1.54) is 7.05 Å². The molecule has 0 bridgehead atoms. The van der Waals surface area contributed by atoms with E-state index in [9.17, 15) is 4.79 Å². The first-order valence-electron chi connectivity index (χ1n) is 7.26. The van der Waals surface area contributed by atoms with E-state index in [1.54, 1.807) is 0 Å². The lowest BCUT2D eigenvalue weighted by molar-refractivity contribution is -0.125. The Bertz CT molecular complexity index is 721. The monoisotopic (exact) mass is 315 g/mol. The Balaban J connectivity index is 2.08. The van der Waals surface area contributed by atoms with Crippen molar-refractivity contribution in [3.05, 3.63) is 52.8 Å². The molecule has 0 aliphatic carbocycles. The van der Waals surface area contributed by atoms with E-state index in [1.807, 2.05) is 48.9 Å². The summed E-state index contributed by atoms with van der Waals surface area (Å²) in [5, 5.41) is 10.6. The number of amidine groups is 1. The minimum Gasteiger partial charge on any atom is -0.384 e. The molecule has 0 fully saturated rings. The van der Waals surface area contributed by atoms with Gasteiger partial charge in [-0.25, -0.2) is 0 Å². The molecule has 0 aliphatic rings. The van der Waals surface area contributed by atoms with Crippen molar-refractivity contribution in [1.29, 1.82) is 0 Å². The predicted molar refractivity (Wildman–Crippen MR) is 88.0 cm³/mol. The first kappa shape index (κ1) is 16.5. The Hall–Kier alpha value is -2.83. The highest BCUT2D eigenvalue weighted by Gasteiger charge is 2.05. The highest BCUT2D eigenvalue weighted by atomic mass is 16.6. The minimum atomic E-state index is -0.264. The Kier molecular flexibility index (Phi) is 5.35. The smallest absolute Gasteiger partial charge is 0.260 e. The summed E-state index contributed by atoms with van der Waals surface area (Å²) in [6.07, 6.45) is 0. The number of nitrogens with two attached hydrogens (primary N) is 1.